The zero-order valence-corrected chi connectivity index (χ0v) is 12.5. The number of ether oxygens (including phenoxy) is 1. The maximum Gasteiger partial charge on any atom is 0.316 e. The summed E-state index contributed by atoms with van der Waals surface area (Å²) in [4.78, 5) is 25.1. The normalized spacial score (nSPS) is 12.7. The number of nitrogens with zero attached hydrogens (tertiary/aromatic N) is 1. The molecule has 0 fully saturated rings. The summed E-state index contributed by atoms with van der Waals surface area (Å²) in [6.07, 6.45) is 0. The van der Waals surface area contributed by atoms with Gasteiger partial charge in [0, 0.05) is 12.7 Å². The number of amides is 1. The van der Waals surface area contributed by atoms with E-state index in [2.05, 4.69) is 0 Å². The Morgan fingerprint density at radius 2 is 1.70 bits per heavy atom. The highest BCUT2D eigenvalue weighted by atomic mass is 16.5. The molecule has 0 aromatic heterocycles. The van der Waals surface area contributed by atoms with Crippen LogP contribution in [0, 0.1) is 11.3 Å². The van der Waals surface area contributed by atoms with E-state index in [1.54, 1.807) is 59.2 Å². The summed E-state index contributed by atoms with van der Waals surface area (Å²) in [7, 11) is 3.13. The summed E-state index contributed by atoms with van der Waals surface area (Å²) < 4.78 is 5.05. The fourth-order valence-electron chi connectivity index (χ4n) is 1.97. The van der Waals surface area contributed by atoms with Gasteiger partial charge in [-0.15, -0.1) is 0 Å². The summed E-state index contributed by atoms with van der Waals surface area (Å²) in [6, 6.07) is 6.90. The van der Waals surface area contributed by atoms with Crippen LogP contribution in [0.2, 0.25) is 0 Å². The fraction of sp³-hybridized carbons (Fsp3) is 0.467. The predicted molar refractivity (Wildman–Crippen MR) is 77.0 cm³/mol. The predicted octanol–water partition coefficient (Wildman–Crippen LogP) is 2.40. The van der Waals surface area contributed by atoms with Crippen molar-refractivity contribution in [2.24, 2.45) is 11.3 Å². The number of carbonyl (C=O) groups excluding carboxylic acids is 1. The van der Waals surface area contributed by atoms with Crippen molar-refractivity contribution >= 4 is 17.6 Å². The highest BCUT2D eigenvalue weighted by Gasteiger charge is 2.39. The molecule has 1 N–H and O–H groups in total. The fourth-order valence-corrected chi connectivity index (χ4v) is 1.97. The summed E-state index contributed by atoms with van der Waals surface area (Å²) in [5, 5.41) is 9.29. The van der Waals surface area contributed by atoms with Crippen LogP contribution < -0.4 is 9.64 Å². The number of benzene rings is 1. The number of carboxylic acid groups (broad SMARTS) is 1. The zero-order chi connectivity index (χ0) is 15.5. The molecule has 0 aliphatic heterocycles. The molecule has 5 nitrogen and oxygen atoms in total. The first-order valence-corrected chi connectivity index (χ1v) is 6.33. The molecule has 0 bridgehead atoms. The van der Waals surface area contributed by atoms with Gasteiger partial charge in [0.25, 0.3) is 0 Å². The van der Waals surface area contributed by atoms with Crippen molar-refractivity contribution in [3.63, 3.8) is 0 Å². The van der Waals surface area contributed by atoms with E-state index in [9.17, 15) is 14.7 Å². The van der Waals surface area contributed by atoms with E-state index < -0.39 is 23.2 Å². The van der Waals surface area contributed by atoms with Crippen LogP contribution in [0.1, 0.15) is 20.8 Å². The molecule has 1 atom stereocenters. The van der Waals surface area contributed by atoms with Crippen LogP contribution in [0.25, 0.3) is 0 Å². The number of carboxylic acids is 1. The Kier molecular flexibility index (Phi) is 4.76. The summed E-state index contributed by atoms with van der Waals surface area (Å²) in [5.41, 5.74) is -0.0183. The number of hydrogen-bond donors (Lipinski definition) is 1. The smallest absolute Gasteiger partial charge is 0.316 e. The summed E-state index contributed by atoms with van der Waals surface area (Å²) in [6.45, 7) is 5.22. The van der Waals surface area contributed by atoms with E-state index in [1.807, 2.05) is 0 Å². The molecule has 1 aromatic rings. The van der Waals surface area contributed by atoms with Gasteiger partial charge in [0.2, 0.25) is 5.91 Å². The van der Waals surface area contributed by atoms with Gasteiger partial charge >= 0.3 is 5.97 Å². The van der Waals surface area contributed by atoms with Gasteiger partial charge in [-0.2, -0.15) is 0 Å². The lowest BCUT2D eigenvalue weighted by Crippen LogP contribution is -2.43. The van der Waals surface area contributed by atoms with Crippen LogP contribution in [0.4, 0.5) is 5.69 Å². The summed E-state index contributed by atoms with van der Waals surface area (Å²) in [5.74, 6) is -1.95. The first kappa shape index (κ1) is 16.0. The first-order chi connectivity index (χ1) is 9.18. The average molecular weight is 279 g/mol. The standard InChI is InChI=1S/C15H21NO4/c1-15(2,3)12(14(18)19)13(17)16(4)10-6-8-11(20-5)9-7-10/h6-9,12H,1-5H3,(H,18,19). The van der Waals surface area contributed by atoms with Crippen molar-refractivity contribution in [2.45, 2.75) is 20.8 Å². The van der Waals surface area contributed by atoms with Crippen LogP contribution in [0.15, 0.2) is 24.3 Å². The van der Waals surface area contributed by atoms with Crippen molar-refractivity contribution in [1.29, 1.82) is 0 Å². The molecular formula is C15H21NO4. The largest absolute Gasteiger partial charge is 0.497 e. The molecule has 5 heteroatoms. The third-order valence-electron chi connectivity index (χ3n) is 3.15. The van der Waals surface area contributed by atoms with E-state index in [0.29, 0.717) is 11.4 Å². The number of aliphatic carboxylic acids is 1. The molecule has 0 saturated carbocycles. The van der Waals surface area contributed by atoms with E-state index in [4.69, 9.17) is 4.74 Å². The van der Waals surface area contributed by atoms with E-state index >= 15 is 0 Å². The van der Waals surface area contributed by atoms with Gasteiger partial charge in [0.05, 0.1) is 7.11 Å². The topological polar surface area (TPSA) is 66.8 Å². The molecular weight excluding hydrogens is 258 g/mol. The molecule has 0 spiro atoms. The van der Waals surface area contributed by atoms with E-state index in [1.165, 1.54) is 4.90 Å². The van der Waals surface area contributed by atoms with Gasteiger partial charge in [-0.3, -0.25) is 9.59 Å². The number of rotatable bonds is 4. The molecule has 0 saturated heterocycles. The lowest BCUT2D eigenvalue weighted by Gasteiger charge is -2.30. The van der Waals surface area contributed by atoms with Crippen molar-refractivity contribution < 1.29 is 19.4 Å². The van der Waals surface area contributed by atoms with Crippen molar-refractivity contribution in [3.05, 3.63) is 24.3 Å². The van der Waals surface area contributed by atoms with Gasteiger partial charge in [-0.05, 0) is 29.7 Å². The van der Waals surface area contributed by atoms with Crippen LogP contribution in [0.5, 0.6) is 5.75 Å². The quantitative estimate of drug-likeness (QED) is 0.859. The zero-order valence-electron chi connectivity index (χ0n) is 12.5. The molecule has 0 radical (unpaired) electrons. The first-order valence-electron chi connectivity index (χ1n) is 6.33. The lowest BCUT2D eigenvalue weighted by molar-refractivity contribution is -0.150. The Balaban J connectivity index is 3.02. The highest BCUT2D eigenvalue weighted by molar-refractivity contribution is 6.06. The van der Waals surface area contributed by atoms with E-state index in [0.717, 1.165) is 0 Å². The SMILES string of the molecule is COc1ccc(N(C)C(=O)C(C(=O)O)C(C)(C)C)cc1. The van der Waals surface area contributed by atoms with Gasteiger partial charge < -0.3 is 14.7 Å². The summed E-state index contributed by atoms with van der Waals surface area (Å²) >= 11 is 0. The number of hydrogen-bond acceptors (Lipinski definition) is 3. The molecule has 0 heterocycles. The molecule has 1 rings (SSSR count). The molecule has 1 amide bonds. The third-order valence-corrected chi connectivity index (χ3v) is 3.15. The van der Waals surface area contributed by atoms with Crippen LogP contribution >= 0.6 is 0 Å². The Labute approximate surface area is 119 Å². The monoisotopic (exact) mass is 279 g/mol. The van der Waals surface area contributed by atoms with Crippen molar-refractivity contribution in [2.75, 3.05) is 19.1 Å². The maximum atomic E-state index is 12.4. The van der Waals surface area contributed by atoms with Crippen LogP contribution in [-0.2, 0) is 9.59 Å². The number of methoxy groups -OCH3 is 1. The Hall–Kier alpha value is -2.04. The van der Waals surface area contributed by atoms with Gasteiger partial charge in [0.1, 0.15) is 11.7 Å². The second kappa shape index (κ2) is 5.94. The molecule has 20 heavy (non-hydrogen) atoms. The Morgan fingerprint density at radius 3 is 2.05 bits per heavy atom. The van der Waals surface area contributed by atoms with Crippen molar-refractivity contribution in [1.82, 2.24) is 0 Å². The third kappa shape index (κ3) is 3.50. The second-order valence-corrected chi connectivity index (χ2v) is 5.73. The second-order valence-electron chi connectivity index (χ2n) is 5.73. The Bertz CT molecular complexity index is 488. The lowest BCUT2D eigenvalue weighted by atomic mass is 9.80. The number of anilines is 1. The molecule has 1 unspecified atom stereocenters. The van der Waals surface area contributed by atoms with Gasteiger partial charge in [-0.25, -0.2) is 0 Å². The highest BCUT2D eigenvalue weighted by Crippen LogP contribution is 2.29. The molecule has 0 aliphatic carbocycles. The molecule has 110 valence electrons. The minimum Gasteiger partial charge on any atom is -0.497 e. The average Bonchev–Trinajstić information content (AvgIpc) is 2.35. The maximum absolute atomic E-state index is 12.4. The minimum atomic E-state index is -1.11. The number of carbonyl (C=O) groups is 2. The minimum absolute atomic E-state index is 0.435. The Morgan fingerprint density at radius 1 is 1.20 bits per heavy atom. The van der Waals surface area contributed by atoms with Crippen molar-refractivity contribution in [3.8, 4) is 5.75 Å². The van der Waals surface area contributed by atoms with Crippen LogP contribution in [-0.4, -0.2) is 31.1 Å². The molecule has 1 aromatic carbocycles. The van der Waals surface area contributed by atoms with E-state index in [-0.39, 0.29) is 0 Å². The molecule has 0 aliphatic rings. The van der Waals surface area contributed by atoms with Gasteiger partial charge in [-0.1, -0.05) is 20.8 Å². The van der Waals surface area contributed by atoms with Crippen LogP contribution in [0.3, 0.4) is 0 Å². The van der Waals surface area contributed by atoms with Gasteiger partial charge in [0.15, 0.2) is 0 Å².